The van der Waals surface area contributed by atoms with E-state index in [1.165, 1.54) is 17.4 Å². The van der Waals surface area contributed by atoms with E-state index in [4.69, 9.17) is 4.74 Å². The first-order chi connectivity index (χ1) is 15.2. The highest BCUT2D eigenvalue weighted by atomic mass is 32.1. The van der Waals surface area contributed by atoms with Gasteiger partial charge in [0.1, 0.15) is 23.2 Å². The van der Waals surface area contributed by atoms with Crippen LogP contribution in [0.5, 0.6) is 0 Å². The summed E-state index contributed by atoms with van der Waals surface area (Å²) in [5, 5.41) is 7.01. The maximum Gasteiger partial charge on any atom is 0.408 e. The number of carbonyl (C=O) groups excluding carboxylic acids is 2. The molecule has 2 aliphatic rings. The van der Waals surface area contributed by atoms with Crippen LogP contribution in [0, 0.1) is 5.82 Å². The number of benzene rings is 1. The highest BCUT2D eigenvalue weighted by Gasteiger charge is 2.37. The molecule has 172 valence electrons. The number of carbonyl (C=O) groups is 2. The van der Waals surface area contributed by atoms with Crippen LogP contribution in [0.15, 0.2) is 24.3 Å². The molecule has 2 N–H and O–H groups in total. The monoisotopic (exact) mass is 459 g/mol. The summed E-state index contributed by atoms with van der Waals surface area (Å²) < 4.78 is 20.1. The largest absolute Gasteiger partial charge is 0.444 e. The van der Waals surface area contributed by atoms with Gasteiger partial charge in [-0.15, -0.1) is 11.3 Å². The molecule has 8 heteroatoms. The molecule has 32 heavy (non-hydrogen) atoms. The Morgan fingerprint density at radius 1 is 1.22 bits per heavy atom. The molecule has 2 aromatic rings. The third kappa shape index (κ3) is 5.35. The summed E-state index contributed by atoms with van der Waals surface area (Å²) in [5.74, 6) is -0.367. The molecule has 1 aliphatic heterocycles. The third-order valence-electron chi connectivity index (χ3n) is 5.63. The van der Waals surface area contributed by atoms with Gasteiger partial charge in [-0.05, 0) is 59.1 Å². The molecule has 0 bridgehead atoms. The van der Waals surface area contributed by atoms with Gasteiger partial charge in [-0.1, -0.05) is 24.6 Å². The molecule has 1 aromatic carbocycles. The minimum Gasteiger partial charge on any atom is -0.444 e. The van der Waals surface area contributed by atoms with E-state index < -0.39 is 17.7 Å². The zero-order valence-corrected chi connectivity index (χ0v) is 19.6. The quantitative estimate of drug-likeness (QED) is 0.591. The van der Waals surface area contributed by atoms with E-state index in [0.717, 1.165) is 43.7 Å². The number of piperidine rings is 1. The number of nitrogens with one attached hydrogen (secondary N) is 2. The van der Waals surface area contributed by atoms with Crippen molar-refractivity contribution in [1.29, 1.82) is 0 Å². The van der Waals surface area contributed by atoms with Crippen molar-refractivity contribution < 1.29 is 18.7 Å². The summed E-state index contributed by atoms with van der Waals surface area (Å²) in [6.07, 6.45) is 4.15. The molecule has 0 radical (unpaired) electrons. The van der Waals surface area contributed by atoms with Gasteiger partial charge >= 0.3 is 6.09 Å². The van der Waals surface area contributed by atoms with Crippen LogP contribution in [0.4, 0.5) is 9.18 Å². The van der Waals surface area contributed by atoms with Crippen molar-refractivity contribution in [2.45, 2.75) is 76.5 Å². The average Bonchev–Trinajstić information content (AvgIpc) is 3.50. The number of hydrogen-bond donors (Lipinski definition) is 2. The van der Waals surface area contributed by atoms with E-state index in [9.17, 15) is 14.0 Å². The standard InChI is InChI=1S/C24H30FN3O3S/c1-24(2,3)31-23(30)28-18(17-10-6-7-13-26-17)20(29)19-21(15-8-4-5-9-16(15)25)32-22(27-19)14-11-12-14/h4-5,8-9,14,17-18,26H,6-7,10-13H2,1-3H3,(H,28,30)/t17?,18-/m0/s1. The first kappa shape index (κ1) is 22.9. The first-order valence-corrected chi connectivity index (χ1v) is 12.1. The second-order valence-electron chi connectivity index (χ2n) is 9.53. The van der Waals surface area contributed by atoms with Crippen molar-refractivity contribution in [2.75, 3.05) is 6.54 Å². The summed E-state index contributed by atoms with van der Waals surface area (Å²) in [6, 6.07) is 5.36. The predicted molar refractivity (Wildman–Crippen MR) is 123 cm³/mol. The number of aromatic nitrogens is 1. The Hall–Kier alpha value is -2.32. The number of hydrogen-bond acceptors (Lipinski definition) is 6. The normalized spacial score (nSPS) is 19.9. The summed E-state index contributed by atoms with van der Waals surface area (Å²) >= 11 is 1.38. The number of ketones is 1. The molecule has 6 nitrogen and oxygen atoms in total. The van der Waals surface area contributed by atoms with E-state index in [0.29, 0.717) is 16.4 Å². The number of halogens is 1. The maximum atomic E-state index is 14.7. The Morgan fingerprint density at radius 2 is 1.97 bits per heavy atom. The molecule has 2 fully saturated rings. The van der Waals surface area contributed by atoms with Crippen molar-refractivity contribution in [3.05, 3.63) is 40.8 Å². The van der Waals surface area contributed by atoms with Crippen molar-refractivity contribution in [2.24, 2.45) is 0 Å². The molecular weight excluding hydrogens is 429 g/mol. The van der Waals surface area contributed by atoms with Gasteiger partial charge in [-0.2, -0.15) is 0 Å². The van der Waals surface area contributed by atoms with Gasteiger partial charge in [-0.3, -0.25) is 4.79 Å². The number of Topliss-reactive ketones (excluding diaryl/α,β-unsaturated/α-hetero) is 1. The summed E-state index contributed by atoms with van der Waals surface area (Å²) in [5.41, 5.74) is -0.0845. The minimum absolute atomic E-state index is 0.232. The molecule has 0 spiro atoms. The maximum absolute atomic E-state index is 14.7. The van der Waals surface area contributed by atoms with Gasteiger partial charge in [0.05, 0.1) is 9.88 Å². The number of rotatable bonds is 6. The molecule has 1 saturated carbocycles. The van der Waals surface area contributed by atoms with Crippen molar-refractivity contribution in [3.63, 3.8) is 0 Å². The summed E-state index contributed by atoms with van der Waals surface area (Å²) in [4.78, 5) is 31.6. The molecule has 1 amide bonds. The molecule has 2 heterocycles. The van der Waals surface area contributed by atoms with Gasteiger partial charge in [0.15, 0.2) is 0 Å². The smallest absolute Gasteiger partial charge is 0.408 e. The Morgan fingerprint density at radius 3 is 2.59 bits per heavy atom. The van der Waals surface area contributed by atoms with Crippen LogP contribution in [-0.4, -0.2) is 41.1 Å². The SMILES string of the molecule is CC(C)(C)OC(=O)N[C@H](C(=O)c1nc(C2CC2)sc1-c1ccccc1F)C1CCCCN1. The fourth-order valence-corrected chi connectivity index (χ4v) is 5.20. The molecule has 1 aromatic heterocycles. The Bertz CT molecular complexity index is 991. The lowest BCUT2D eigenvalue weighted by atomic mass is 9.93. The second-order valence-corrected chi connectivity index (χ2v) is 10.6. The Kier molecular flexibility index (Phi) is 6.62. The van der Waals surface area contributed by atoms with Crippen molar-refractivity contribution in [3.8, 4) is 10.4 Å². The fraction of sp³-hybridized carbons (Fsp3) is 0.542. The number of ether oxygens (including phenoxy) is 1. The highest BCUT2D eigenvalue weighted by molar-refractivity contribution is 7.15. The van der Waals surface area contributed by atoms with E-state index in [2.05, 4.69) is 15.6 Å². The fourth-order valence-electron chi connectivity index (χ4n) is 3.93. The van der Waals surface area contributed by atoms with Crippen LogP contribution in [0.25, 0.3) is 10.4 Å². The first-order valence-electron chi connectivity index (χ1n) is 11.3. The molecule has 4 rings (SSSR count). The van der Waals surface area contributed by atoms with Gasteiger partial charge in [0.2, 0.25) is 5.78 Å². The zero-order chi connectivity index (χ0) is 22.9. The van der Waals surface area contributed by atoms with Crippen LogP contribution in [0.3, 0.4) is 0 Å². The summed E-state index contributed by atoms with van der Waals surface area (Å²) in [7, 11) is 0. The summed E-state index contributed by atoms with van der Waals surface area (Å²) in [6.45, 7) is 6.11. The number of alkyl carbamates (subject to hydrolysis) is 1. The lowest BCUT2D eigenvalue weighted by molar-refractivity contribution is 0.0473. The number of thiazole rings is 1. The number of nitrogens with zero attached hydrogens (tertiary/aromatic N) is 1. The van der Waals surface area contributed by atoms with Crippen LogP contribution in [0.2, 0.25) is 0 Å². The van der Waals surface area contributed by atoms with E-state index in [1.54, 1.807) is 39.0 Å². The Balaban J connectivity index is 1.69. The van der Waals surface area contributed by atoms with Crippen LogP contribution in [0.1, 0.15) is 74.3 Å². The van der Waals surface area contributed by atoms with E-state index >= 15 is 0 Å². The number of amides is 1. The van der Waals surface area contributed by atoms with Gasteiger partial charge in [-0.25, -0.2) is 14.2 Å². The lowest BCUT2D eigenvalue weighted by Crippen LogP contribution is -2.56. The topological polar surface area (TPSA) is 80.3 Å². The third-order valence-corrected chi connectivity index (χ3v) is 6.88. The van der Waals surface area contributed by atoms with Crippen LogP contribution < -0.4 is 10.6 Å². The Labute approximate surface area is 192 Å². The van der Waals surface area contributed by atoms with E-state index in [1.807, 2.05) is 0 Å². The van der Waals surface area contributed by atoms with Crippen molar-refractivity contribution >= 4 is 23.2 Å². The predicted octanol–water partition coefficient (Wildman–Crippen LogP) is 5.04. The molecule has 2 atom stereocenters. The van der Waals surface area contributed by atoms with E-state index in [-0.39, 0.29) is 23.3 Å². The lowest BCUT2D eigenvalue weighted by Gasteiger charge is -2.31. The molecular formula is C24H30FN3O3S. The minimum atomic E-state index is -0.843. The van der Waals surface area contributed by atoms with Crippen LogP contribution >= 0.6 is 11.3 Å². The second kappa shape index (κ2) is 9.27. The molecule has 1 aliphatic carbocycles. The zero-order valence-electron chi connectivity index (χ0n) is 18.7. The van der Waals surface area contributed by atoms with Gasteiger partial charge in [0, 0.05) is 17.5 Å². The van der Waals surface area contributed by atoms with Gasteiger partial charge < -0.3 is 15.4 Å². The highest BCUT2D eigenvalue weighted by Crippen LogP contribution is 2.45. The van der Waals surface area contributed by atoms with Crippen LogP contribution in [-0.2, 0) is 4.74 Å². The van der Waals surface area contributed by atoms with Gasteiger partial charge in [0.25, 0.3) is 0 Å². The van der Waals surface area contributed by atoms with Crippen molar-refractivity contribution in [1.82, 2.24) is 15.6 Å². The average molecular weight is 460 g/mol. The molecule has 1 saturated heterocycles. The molecule has 1 unspecified atom stereocenters.